The van der Waals surface area contributed by atoms with Gasteiger partial charge in [-0.3, -0.25) is 19.8 Å². The minimum atomic E-state index is -0.868. The molecule has 232 valence electrons. The van der Waals surface area contributed by atoms with E-state index in [0.29, 0.717) is 83.3 Å². The first-order chi connectivity index (χ1) is 22.0. The zero-order valence-electron chi connectivity index (χ0n) is 24.8. The summed E-state index contributed by atoms with van der Waals surface area (Å²) in [5.74, 6) is 3.69. The first-order valence-electron chi connectivity index (χ1n) is 14.6. The van der Waals surface area contributed by atoms with E-state index in [-0.39, 0.29) is 25.0 Å². The number of fused-ring (bicyclic) bond motifs is 3. The molecule has 13 heteroatoms. The number of piperazine rings is 1. The van der Waals surface area contributed by atoms with E-state index in [1.54, 1.807) is 49.5 Å². The Bertz CT molecular complexity index is 1760. The molecular formula is C32H32N5O8+. The molecule has 0 aliphatic carbocycles. The first-order valence-corrected chi connectivity index (χ1v) is 14.6. The predicted molar refractivity (Wildman–Crippen MR) is 162 cm³/mol. The van der Waals surface area contributed by atoms with Crippen molar-refractivity contribution < 1.29 is 43.0 Å². The van der Waals surface area contributed by atoms with Gasteiger partial charge in [-0.1, -0.05) is 24.3 Å². The molecule has 2 unspecified atom stereocenters. The van der Waals surface area contributed by atoms with Crippen LogP contribution in [-0.2, 0) is 9.59 Å². The predicted octanol–water partition coefficient (Wildman–Crippen LogP) is 2.33. The number of anilines is 2. The molecule has 7 rings (SSSR count). The summed E-state index contributed by atoms with van der Waals surface area (Å²) in [7, 11) is 3.10. The van der Waals surface area contributed by atoms with Crippen LogP contribution >= 0.6 is 0 Å². The third-order valence-electron chi connectivity index (χ3n) is 7.96. The number of ether oxygens (including phenoxy) is 6. The number of rotatable bonds is 6. The van der Waals surface area contributed by atoms with Crippen molar-refractivity contribution in [3.8, 4) is 34.5 Å². The molecule has 2 atom stereocenters. The average molecular weight is 615 g/mol. The number of carbonyl (C=O) groups excluding carboxylic acids is 2. The summed E-state index contributed by atoms with van der Waals surface area (Å²) in [6.07, 6.45) is -1.58. The second kappa shape index (κ2) is 11.9. The van der Waals surface area contributed by atoms with Gasteiger partial charge in [0, 0.05) is 25.2 Å². The van der Waals surface area contributed by atoms with Crippen LogP contribution in [0.1, 0.15) is 0 Å². The van der Waals surface area contributed by atoms with Crippen LogP contribution in [0.2, 0.25) is 0 Å². The minimum absolute atomic E-state index is 0.0627. The number of aromatic nitrogens is 2. The zero-order chi connectivity index (χ0) is 30.9. The highest BCUT2D eigenvalue weighted by atomic mass is 16.6. The Balaban J connectivity index is 1.11. The largest absolute Gasteiger partial charge is 0.493 e. The third-order valence-corrected chi connectivity index (χ3v) is 7.96. The highest BCUT2D eigenvalue weighted by molar-refractivity contribution is 6.01. The van der Waals surface area contributed by atoms with E-state index < -0.39 is 12.2 Å². The topological polar surface area (TPSA) is 135 Å². The molecule has 2 N–H and O–H groups in total. The van der Waals surface area contributed by atoms with E-state index in [2.05, 4.69) is 10.3 Å². The fourth-order valence-electron chi connectivity index (χ4n) is 5.57. The van der Waals surface area contributed by atoms with Crippen LogP contribution in [0, 0.1) is 0 Å². The van der Waals surface area contributed by atoms with Gasteiger partial charge in [-0.05, 0) is 24.3 Å². The number of H-pyrrole nitrogens is 1. The lowest BCUT2D eigenvalue weighted by atomic mass is 10.2. The van der Waals surface area contributed by atoms with Crippen LogP contribution in [0.5, 0.6) is 34.5 Å². The molecule has 1 aromatic heterocycles. The smallest absolute Gasteiger partial charge is 0.347 e. The molecule has 3 aliphatic rings. The fraction of sp³-hybridized carbons (Fsp3) is 0.312. The van der Waals surface area contributed by atoms with Crippen molar-refractivity contribution >= 4 is 34.5 Å². The van der Waals surface area contributed by atoms with Crippen LogP contribution in [0.15, 0.2) is 60.7 Å². The SMILES string of the molecule is COc1cc2nc(N3CCN(C(=O)C4COc5ccccc5O4)CC3)[nH+]c(NC(=O)C3COc4ccccc4O3)c2cc1OC. The van der Waals surface area contributed by atoms with Gasteiger partial charge in [-0.15, -0.1) is 4.98 Å². The van der Waals surface area contributed by atoms with Gasteiger partial charge in [0.2, 0.25) is 18.0 Å². The van der Waals surface area contributed by atoms with Gasteiger partial charge in [0.25, 0.3) is 5.91 Å². The Morgan fingerprint density at radius 2 is 1.40 bits per heavy atom. The Morgan fingerprint density at radius 1 is 0.822 bits per heavy atom. The number of nitrogens with one attached hydrogen (secondary N) is 2. The molecule has 2 amide bonds. The lowest BCUT2D eigenvalue weighted by molar-refractivity contribution is -0.349. The van der Waals surface area contributed by atoms with Gasteiger partial charge < -0.3 is 33.3 Å². The molecule has 0 bridgehead atoms. The summed E-state index contributed by atoms with van der Waals surface area (Å²) >= 11 is 0. The maximum Gasteiger partial charge on any atom is 0.347 e. The highest BCUT2D eigenvalue weighted by Crippen LogP contribution is 2.35. The summed E-state index contributed by atoms with van der Waals surface area (Å²) in [5, 5.41) is 3.59. The van der Waals surface area contributed by atoms with E-state index in [1.807, 2.05) is 35.2 Å². The van der Waals surface area contributed by atoms with Gasteiger partial charge in [0.15, 0.2) is 34.5 Å². The summed E-state index contributed by atoms with van der Waals surface area (Å²) in [6, 6.07) is 18.1. The Hall–Kier alpha value is -5.46. The van der Waals surface area contributed by atoms with E-state index in [0.717, 1.165) is 0 Å². The Kier molecular flexibility index (Phi) is 7.49. The van der Waals surface area contributed by atoms with Crippen molar-refractivity contribution in [2.24, 2.45) is 0 Å². The standard InChI is InChI=1S/C32H31N5O8/c1-40-25-15-19-20(16-26(25)41-2)33-32(35-29(19)34-30(38)27-17-42-21-7-3-5-9-23(21)44-27)37-13-11-36(12-14-37)31(39)28-18-43-22-8-4-6-10-24(22)45-28/h3-10,15-16,27-28H,11-14,17-18H2,1-2H3,(H,33,34,35,38)/p+1. The molecule has 0 radical (unpaired) electrons. The molecular weight excluding hydrogens is 582 g/mol. The monoisotopic (exact) mass is 614 g/mol. The van der Waals surface area contributed by atoms with E-state index in [9.17, 15) is 9.59 Å². The Morgan fingerprint density at radius 3 is 2.04 bits per heavy atom. The van der Waals surface area contributed by atoms with Crippen molar-refractivity contribution in [2.75, 3.05) is 63.8 Å². The number of amides is 2. The van der Waals surface area contributed by atoms with Crippen LogP contribution in [0.4, 0.5) is 11.8 Å². The molecule has 1 fully saturated rings. The number of aromatic amines is 1. The second-order valence-corrected chi connectivity index (χ2v) is 10.7. The number of nitrogens with zero attached hydrogens (tertiary/aromatic N) is 3. The van der Waals surface area contributed by atoms with Crippen molar-refractivity contribution in [1.82, 2.24) is 9.88 Å². The number of methoxy groups -OCH3 is 2. The Labute approximate surface area is 258 Å². The summed E-state index contributed by atoms with van der Waals surface area (Å²) in [4.78, 5) is 38.7. The van der Waals surface area contributed by atoms with E-state index >= 15 is 0 Å². The maximum absolute atomic E-state index is 13.4. The number of hydrogen-bond donors (Lipinski definition) is 1. The summed E-state index contributed by atoms with van der Waals surface area (Å²) < 4.78 is 34.4. The minimum Gasteiger partial charge on any atom is -0.493 e. The van der Waals surface area contributed by atoms with Gasteiger partial charge in [0.05, 0.1) is 32.7 Å². The van der Waals surface area contributed by atoms with Crippen LogP contribution in [-0.4, -0.2) is 87.5 Å². The molecule has 4 heterocycles. The van der Waals surface area contributed by atoms with Crippen molar-refractivity contribution in [1.29, 1.82) is 0 Å². The van der Waals surface area contributed by atoms with Crippen LogP contribution in [0.25, 0.3) is 10.9 Å². The molecule has 3 aromatic carbocycles. The average Bonchev–Trinajstić information content (AvgIpc) is 3.10. The molecule has 13 nitrogen and oxygen atoms in total. The number of benzene rings is 3. The molecule has 3 aliphatic heterocycles. The van der Waals surface area contributed by atoms with Crippen LogP contribution < -0.4 is 43.6 Å². The van der Waals surface area contributed by atoms with E-state index in [1.165, 1.54) is 0 Å². The van der Waals surface area contributed by atoms with Crippen molar-refractivity contribution in [2.45, 2.75) is 12.2 Å². The van der Waals surface area contributed by atoms with Gasteiger partial charge in [-0.2, -0.15) is 0 Å². The van der Waals surface area contributed by atoms with Gasteiger partial charge in [-0.25, -0.2) is 4.98 Å². The lowest BCUT2D eigenvalue weighted by Gasteiger charge is -2.35. The lowest BCUT2D eigenvalue weighted by Crippen LogP contribution is -2.55. The van der Waals surface area contributed by atoms with Gasteiger partial charge in [0.1, 0.15) is 18.7 Å². The van der Waals surface area contributed by atoms with Crippen LogP contribution in [0.3, 0.4) is 0 Å². The second-order valence-electron chi connectivity index (χ2n) is 10.7. The summed E-state index contributed by atoms with van der Waals surface area (Å²) in [5.41, 5.74) is 0.577. The first kappa shape index (κ1) is 28.3. The van der Waals surface area contributed by atoms with Crippen molar-refractivity contribution in [3.63, 3.8) is 0 Å². The van der Waals surface area contributed by atoms with E-state index in [4.69, 9.17) is 33.4 Å². The highest BCUT2D eigenvalue weighted by Gasteiger charge is 2.35. The summed E-state index contributed by atoms with van der Waals surface area (Å²) in [6.45, 7) is 2.13. The molecule has 0 saturated carbocycles. The maximum atomic E-state index is 13.4. The molecule has 4 aromatic rings. The number of carbonyl (C=O) groups is 2. The quantitative estimate of drug-likeness (QED) is 0.345. The molecule has 1 saturated heterocycles. The molecule has 0 spiro atoms. The fourth-order valence-corrected chi connectivity index (χ4v) is 5.57. The number of hydrogen-bond acceptors (Lipinski definition) is 10. The number of para-hydroxylation sites is 4. The van der Waals surface area contributed by atoms with Gasteiger partial charge >= 0.3 is 11.9 Å². The van der Waals surface area contributed by atoms with Crippen molar-refractivity contribution in [3.05, 3.63) is 60.7 Å². The normalized spacial score (nSPS) is 18.7. The molecule has 45 heavy (non-hydrogen) atoms. The zero-order valence-corrected chi connectivity index (χ0v) is 24.8. The third kappa shape index (κ3) is 5.52.